The highest BCUT2D eigenvalue weighted by atomic mass is 16.6. The van der Waals surface area contributed by atoms with Gasteiger partial charge in [0.25, 0.3) is 5.69 Å². The van der Waals surface area contributed by atoms with Crippen LogP contribution in [0.4, 0.5) is 5.69 Å². The summed E-state index contributed by atoms with van der Waals surface area (Å²) in [4.78, 5) is 24.2. The molecule has 0 bridgehead atoms. The Kier molecular flexibility index (Phi) is 4.38. The summed E-state index contributed by atoms with van der Waals surface area (Å²) in [6.45, 7) is 0. The van der Waals surface area contributed by atoms with Gasteiger partial charge in [0.15, 0.2) is 0 Å². The second-order valence-corrected chi connectivity index (χ2v) is 3.36. The number of hydrogen-bond donors (Lipinski definition) is 1. The Balaban J connectivity index is 2.45. The van der Waals surface area contributed by atoms with Crippen molar-refractivity contribution in [3.8, 4) is 0 Å². The van der Waals surface area contributed by atoms with Crippen LogP contribution in [-0.2, 0) is 11.2 Å². The van der Waals surface area contributed by atoms with E-state index in [1.807, 2.05) is 0 Å². The van der Waals surface area contributed by atoms with E-state index in [4.69, 9.17) is 5.11 Å². The maximum Gasteiger partial charge on any atom is 0.303 e. The predicted octanol–water partition coefficient (Wildman–Crippen LogP) is 1.79. The van der Waals surface area contributed by atoms with Crippen molar-refractivity contribution in [3.63, 3.8) is 0 Å². The van der Waals surface area contributed by atoms with Crippen molar-refractivity contribution in [1.29, 1.82) is 0 Å². The summed E-state index contributed by atoms with van der Waals surface area (Å²) in [5.74, 6) is -0.827. The van der Waals surface area contributed by atoms with Crippen molar-refractivity contribution in [2.45, 2.75) is 25.7 Å². The van der Waals surface area contributed by atoms with Gasteiger partial charge < -0.3 is 5.11 Å². The quantitative estimate of drug-likeness (QED) is 0.451. The molecule has 0 atom stereocenters. The maximum atomic E-state index is 10.5. The molecule has 1 heterocycles. The monoisotopic (exact) mass is 224 g/mol. The van der Waals surface area contributed by atoms with Gasteiger partial charge in [-0.1, -0.05) is 0 Å². The number of rotatable bonds is 6. The Morgan fingerprint density at radius 2 is 2.25 bits per heavy atom. The number of aliphatic carboxylic acids is 1. The van der Waals surface area contributed by atoms with Crippen LogP contribution in [0.25, 0.3) is 0 Å². The zero-order valence-corrected chi connectivity index (χ0v) is 8.63. The van der Waals surface area contributed by atoms with Crippen molar-refractivity contribution >= 4 is 11.7 Å². The van der Waals surface area contributed by atoms with Crippen LogP contribution in [0, 0.1) is 10.1 Å². The Labute approximate surface area is 92.1 Å². The first-order chi connectivity index (χ1) is 7.59. The van der Waals surface area contributed by atoms with Gasteiger partial charge in [0.05, 0.1) is 4.92 Å². The molecule has 1 N–H and O–H groups in total. The molecular weight excluding hydrogens is 212 g/mol. The summed E-state index contributed by atoms with van der Waals surface area (Å²) >= 11 is 0. The number of nitrogens with zero attached hydrogens (tertiary/aromatic N) is 2. The van der Waals surface area contributed by atoms with Crippen LogP contribution in [0.5, 0.6) is 0 Å². The SMILES string of the molecule is O=C(O)CCCCc1cc([N+](=O)[O-])ccn1. The molecule has 0 saturated heterocycles. The lowest BCUT2D eigenvalue weighted by atomic mass is 10.1. The van der Waals surface area contributed by atoms with Crippen molar-refractivity contribution in [3.05, 3.63) is 34.1 Å². The maximum absolute atomic E-state index is 10.5. The molecular formula is C10H12N2O4. The topological polar surface area (TPSA) is 93.3 Å². The summed E-state index contributed by atoms with van der Waals surface area (Å²) in [5, 5.41) is 18.9. The molecule has 0 unspecified atom stereocenters. The molecule has 0 aromatic carbocycles. The van der Waals surface area contributed by atoms with Gasteiger partial charge in [-0.15, -0.1) is 0 Å². The normalized spacial score (nSPS) is 10.0. The van der Waals surface area contributed by atoms with Crippen LogP contribution in [0.1, 0.15) is 25.0 Å². The van der Waals surface area contributed by atoms with Crippen LogP contribution < -0.4 is 0 Å². The van der Waals surface area contributed by atoms with Crippen molar-refractivity contribution in [2.24, 2.45) is 0 Å². The van der Waals surface area contributed by atoms with Gasteiger partial charge in [-0.2, -0.15) is 0 Å². The Morgan fingerprint density at radius 1 is 1.50 bits per heavy atom. The van der Waals surface area contributed by atoms with Crippen molar-refractivity contribution in [1.82, 2.24) is 4.98 Å². The smallest absolute Gasteiger partial charge is 0.303 e. The van der Waals surface area contributed by atoms with Gasteiger partial charge in [0.1, 0.15) is 0 Å². The highest BCUT2D eigenvalue weighted by Gasteiger charge is 2.06. The van der Waals surface area contributed by atoms with Gasteiger partial charge in [0.2, 0.25) is 0 Å². The molecule has 0 aliphatic carbocycles. The van der Waals surface area contributed by atoms with Crippen LogP contribution >= 0.6 is 0 Å². The number of nitro groups is 1. The van der Waals surface area contributed by atoms with Gasteiger partial charge in [-0.3, -0.25) is 19.9 Å². The molecule has 0 saturated carbocycles. The fraction of sp³-hybridized carbons (Fsp3) is 0.400. The minimum absolute atomic E-state index is 0.0169. The summed E-state index contributed by atoms with van der Waals surface area (Å²) in [6, 6.07) is 2.75. The number of carboxylic acid groups (broad SMARTS) is 1. The van der Waals surface area contributed by atoms with E-state index in [1.165, 1.54) is 18.3 Å². The molecule has 6 nitrogen and oxygen atoms in total. The lowest BCUT2D eigenvalue weighted by Crippen LogP contribution is -1.97. The summed E-state index contributed by atoms with van der Waals surface area (Å²) in [7, 11) is 0. The summed E-state index contributed by atoms with van der Waals surface area (Å²) in [5.41, 5.74) is 0.642. The summed E-state index contributed by atoms with van der Waals surface area (Å²) < 4.78 is 0. The molecule has 0 radical (unpaired) electrons. The molecule has 0 fully saturated rings. The van der Waals surface area contributed by atoms with E-state index in [1.54, 1.807) is 0 Å². The van der Waals surface area contributed by atoms with E-state index in [9.17, 15) is 14.9 Å². The lowest BCUT2D eigenvalue weighted by Gasteiger charge is -1.99. The number of unbranched alkanes of at least 4 members (excludes halogenated alkanes) is 1. The average Bonchev–Trinajstić information content (AvgIpc) is 2.24. The molecule has 1 aromatic heterocycles. The highest BCUT2D eigenvalue weighted by Crippen LogP contribution is 2.12. The number of carboxylic acids is 1. The minimum atomic E-state index is -0.827. The number of aryl methyl sites for hydroxylation is 1. The molecule has 0 aliphatic rings. The van der Waals surface area contributed by atoms with Crippen LogP contribution in [-0.4, -0.2) is 21.0 Å². The fourth-order valence-electron chi connectivity index (χ4n) is 1.30. The van der Waals surface area contributed by atoms with Gasteiger partial charge in [0, 0.05) is 30.4 Å². The van der Waals surface area contributed by atoms with E-state index >= 15 is 0 Å². The first-order valence-corrected chi connectivity index (χ1v) is 4.90. The zero-order valence-electron chi connectivity index (χ0n) is 8.63. The Morgan fingerprint density at radius 3 is 2.88 bits per heavy atom. The molecule has 16 heavy (non-hydrogen) atoms. The third kappa shape index (κ3) is 4.04. The van der Waals surface area contributed by atoms with Crippen molar-refractivity contribution in [2.75, 3.05) is 0 Å². The van der Waals surface area contributed by atoms with E-state index in [2.05, 4.69) is 4.98 Å². The second-order valence-electron chi connectivity index (χ2n) is 3.36. The number of aromatic nitrogens is 1. The Bertz CT molecular complexity index is 392. The average molecular weight is 224 g/mol. The number of pyridine rings is 1. The largest absolute Gasteiger partial charge is 0.481 e. The standard InChI is InChI=1S/C10H12N2O4/c13-10(14)4-2-1-3-8-7-9(12(15)16)5-6-11-8/h5-7H,1-4H2,(H,13,14). The van der Waals surface area contributed by atoms with Crippen LogP contribution in [0.15, 0.2) is 18.3 Å². The van der Waals surface area contributed by atoms with E-state index < -0.39 is 10.9 Å². The minimum Gasteiger partial charge on any atom is -0.481 e. The Hall–Kier alpha value is -1.98. The number of hydrogen-bond acceptors (Lipinski definition) is 4. The van der Waals surface area contributed by atoms with E-state index in [0.717, 1.165) is 0 Å². The molecule has 1 aromatic rings. The molecule has 86 valence electrons. The molecule has 6 heteroatoms. The van der Waals surface area contributed by atoms with Gasteiger partial charge >= 0.3 is 5.97 Å². The third-order valence-electron chi connectivity index (χ3n) is 2.08. The second kappa shape index (κ2) is 5.79. The lowest BCUT2D eigenvalue weighted by molar-refractivity contribution is -0.385. The fourth-order valence-corrected chi connectivity index (χ4v) is 1.30. The zero-order chi connectivity index (χ0) is 12.0. The summed E-state index contributed by atoms with van der Waals surface area (Å²) in [6.07, 6.45) is 3.30. The predicted molar refractivity (Wildman–Crippen MR) is 56.1 cm³/mol. The first kappa shape index (κ1) is 12.1. The molecule has 0 amide bonds. The van der Waals surface area contributed by atoms with E-state index in [-0.39, 0.29) is 12.1 Å². The number of carbonyl (C=O) groups is 1. The van der Waals surface area contributed by atoms with Gasteiger partial charge in [-0.25, -0.2) is 0 Å². The first-order valence-electron chi connectivity index (χ1n) is 4.90. The van der Waals surface area contributed by atoms with Gasteiger partial charge in [-0.05, 0) is 19.3 Å². The highest BCUT2D eigenvalue weighted by molar-refractivity contribution is 5.66. The van der Waals surface area contributed by atoms with Crippen molar-refractivity contribution < 1.29 is 14.8 Å². The van der Waals surface area contributed by atoms with E-state index in [0.29, 0.717) is 25.0 Å². The van der Waals surface area contributed by atoms with Crippen LogP contribution in [0.3, 0.4) is 0 Å². The molecule has 0 aliphatic heterocycles. The van der Waals surface area contributed by atoms with Crippen LogP contribution in [0.2, 0.25) is 0 Å². The molecule has 0 spiro atoms. The molecule has 1 rings (SSSR count). The third-order valence-corrected chi connectivity index (χ3v) is 2.08.